The summed E-state index contributed by atoms with van der Waals surface area (Å²) in [7, 11) is 0. The summed E-state index contributed by atoms with van der Waals surface area (Å²) in [4.78, 5) is 2.54. The number of fused-ring (bicyclic) bond motifs is 3. The van der Waals surface area contributed by atoms with Gasteiger partial charge in [0.15, 0.2) is 5.82 Å². The van der Waals surface area contributed by atoms with Gasteiger partial charge in [-0.15, -0.1) is 10.2 Å². The van der Waals surface area contributed by atoms with Gasteiger partial charge in [0.05, 0.1) is 0 Å². The number of hydrogen-bond acceptors (Lipinski definition) is 3. The first-order chi connectivity index (χ1) is 14.2. The summed E-state index contributed by atoms with van der Waals surface area (Å²) >= 11 is 12.3. The number of nitrogens with zero attached hydrogens (tertiary/aromatic N) is 4. The third-order valence-electron chi connectivity index (χ3n) is 6.19. The van der Waals surface area contributed by atoms with Crippen LogP contribution in [0.2, 0.25) is 10.0 Å². The Morgan fingerprint density at radius 1 is 0.966 bits per heavy atom. The second-order valence-electron chi connectivity index (χ2n) is 8.10. The van der Waals surface area contributed by atoms with E-state index < -0.39 is 0 Å². The summed E-state index contributed by atoms with van der Waals surface area (Å²) in [5.41, 5.74) is 3.80. The topological polar surface area (TPSA) is 34.0 Å². The van der Waals surface area contributed by atoms with Gasteiger partial charge in [-0.05, 0) is 67.6 Å². The molecule has 0 spiro atoms. The molecular formula is C23H24Cl2N4. The fourth-order valence-corrected chi connectivity index (χ4v) is 4.92. The molecule has 0 saturated carbocycles. The number of aryl methyl sites for hydroxylation is 1. The first-order valence-electron chi connectivity index (χ1n) is 10.4. The molecule has 1 unspecified atom stereocenters. The van der Waals surface area contributed by atoms with Crippen LogP contribution in [-0.2, 0) is 19.4 Å². The van der Waals surface area contributed by atoms with Gasteiger partial charge in [0, 0.05) is 41.2 Å². The lowest BCUT2D eigenvalue weighted by molar-refractivity contribution is 0.336. The summed E-state index contributed by atoms with van der Waals surface area (Å²) < 4.78 is 2.34. The van der Waals surface area contributed by atoms with Crippen LogP contribution in [0, 0.1) is 0 Å². The van der Waals surface area contributed by atoms with E-state index in [1.165, 1.54) is 11.1 Å². The number of likely N-dealkylation sites (tertiary alicyclic amines) is 1. The monoisotopic (exact) mass is 426 g/mol. The summed E-state index contributed by atoms with van der Waals surface area (Å²) in [6.45, 7) is 4.21. The van der Waals surface area contributed by atoms with E-state index in [1.807, 2.05) is 24.3 Å². The number of aromatic nitrogens is 3. The molecular weight excluding hydrogens is 403 g/mol. The van der Waals surface area contributed by atoms with Gasteiger partial charge in [0.1, 0.15) is 5.82 Å². The Bertz CT molecular complexity index is 1010. The van der Waals surface area contributed by atoms with E-state index in [4.69, 9.17) is 23.2 Å². The molecule has 1 fully saturated rings. The highest BCUT2D eigenvalue weighted by Crippen LogP contribution is 2.34. The third kappa shape index (κ3) is 3.94. The van der Waals surface area contributed by atoms with Crippen LogP contribution < -0.4 is 0 Å². The van der Waals surface area contributed by atoms with E-state index in [0.717, 1.165) is 79.1 Å². The fourth-order valence-electron chi connectivity index (χ4n) is 4.62. The maximum atomic E-state index is 6.27. The van der Waals surface area contributed by atoms with Crippen LogP contribution in [0.4, 0.5) is 0 Å². The average molecular weight is 427 g/mol. The SMILES string of the molecule is Clc1ccc(CCN2CCC(c3nnc4n3CCCc3ccc(Cl)cc3-4)C2)cc1. The first kappa shape index (κ1) is 19.1. The number of benzene rings is 2. The Labute approximate surface area is 181 Å². The third-order valence-corrected chi connectivity index (χ3v) is 6.67. The van der Waals surface area contributed by atoms with E-state index >= 15 is 0 Å². The minimum atomic E-state index is 0.446. The Morgan fingerprint density at radius 2 is 1.79 bits per heavy atom. The molecule has 6 heteroatoms. The molecule has 2 aromatic carbocycles. The van der Waals surface area contributed by atoms with E-state index in [9.17, 15) is 0 Å². The molecule has 0 N–H and O–H groups in total. The van der Waals surface area contributed by atoms with Crippen LogP contribution in [0.15, 0.2) is 42.5 Å². The maximum absolute atomic E-state index is 6.27. The summed E-state index contributed by atoms with van der Waals surface area (Å²) in [6, 6.07) is 14.3. The van der Waals surface area contributed by atoms with Crippen molar-refractivity contribution in [3.05, 3.63) is 69.5 Å². The Hall–Kier alpha value is -1.88. The minimum Gasteiger partial charge on any atom is -0.311 e. The first-order valence-corrected chi connectivity index (χ1v) is 11.1. The van der Waals surface area contributed by atoms with E-state index in [-0.39, 0.29) is 0 Å². The molecule has 0 radical (unpaired) electrons. The van der Waals surface area contributed by atoms with E-state index in [2.05, 4.69) is 37.9 Å². The minimum absolute atomic E-state index is 0.446. The van der Waals surface area contributed by atoms with Crippen LogP contribution in [0.5, 0.6) is 0 Å². The molecule has 0 aliphatic carbocycles. The van der Waals surface area contributed by atoms with Crippen LogP contribution in [-0.4, -0.2) is 39.3 Å². The molecule has 0 amide bonds. The number of rotatable bonds is 4. The molecule has 0 bridgehead atoms. The molecule has 2 aliphatic heterocycles. The van der Waals surface area contributed by atoms with Crippen molar-refractivity contribution in [2.45, 2.75) is 38.1 Å². The molecule has 1 saturated heterocycles. The quantitative estimate of drug-likeness (QED) is 0.572. The van der Waals surface area contributed by atoms with Gasteiger partial charge < -0.3 is 9.47 Å². The molecule has 1 atom stereocenters. The highest BCUT2D eigenvalue weighted by Gasteiger charge is 2.30. The van der Waals surface area contributed by atoms with Crippen LogP contribution in [0.25, 0.3) is 11.4 Å². The smallest absolute Gasteiger partial charge is 0.164 e. The van der Waals surface area contributed by atoms with Crippen LogP contribution in [0.3, 0.4) is 0 Å². The van der Waals surface area contributed by atoms with Crippen molar-refractivity contribution in [1.82, 2.24) is 19.7 Å². The highest BCUT2D eigenvalue weighted by atomic mass is 35.5. The number of hydrogen-bond donors (Lipinski definition) is 0. The summed E-state index contributed by atoms with van der Waals surface area (Å²) in [5, 5.41) is 10.8. The largest absolute Gasteiger partial charge is 0.311 e. The van der Waals surface area contributed by atoms with Crippen molar-refractivity contribution in [1.29, 1.82) is 0 Å². The highest BCUT2D eigenvalue weighted by molar-refractivity contribution is 6.31. The van der Waals surface area contributed by atoms with Gasteiger partial charge in [0.25, 0.3) is 0 Å². The van der Waals surface area contributed by atoms with Gasteiger partial charge in [-0.3, -0.25) is 0 Å². The van der Waals surface area contributed by atoms with Crippen molar-refractivity contribution in [2.75, 3.05) is 19.6 Å². The molecule has 150 valence electrons. The lowest BCUT2D eigenvalue weighted by Gasteiger charge is -2.16. The predicted octanol–water partition coefficient (Wildman–Crippen LogP) is 5.23. The second-order valence-corrected chi connectivity index (χ2v) is 8.97. The zero-order chi connectivity index (χ0) is 19.8. The average Bonchev–Trinajstić information content (AvgIpc) is 3.31. The molecule has 2 aliphatic rings. The fraction of sp³-hybridized carbons (Fsp3) is 0.391. The van der Waals surface area contributed by atoms with Gasteiger partial charge in [-0.25, -0.2) is 0 Å². The Balaban J connectivity index is 1.31. The molecule has 3 aromatic rings. The molecule has 29 heavy (non-hydrogen) atoms. The number of halogens is 2. The molecule has 3 heterocycles. The van der Waals surface area contributed by atoms with Crippen LogP contribution in [0.1, 0.15) is 35.7 Å². The zero-order valence-corrected chi connectivity index (χ0v) is 17.8. The van der Waals surface area contributed by atoms with Crippen molar-refractivity contribution in [3.8, 4) is 11.4 Å². The van der Waals surface area contributed by atoms with Gasteiger partial charge in [-0.1, -0.05) is 41.4 Å². The van der Waals surface area contributed by atoms with E-state index in [0.29, 0.717) is 5.92 Å². The van der Waals surface area contributed by atoms with Gasteiger partial charge >= 0.3 is 0 Å². The molecule has 1 aromatic heterocycles. The normalized spacial score (nSPS) is 19.0. The molecule has 5 rings (SSSR count). The standard InChI is InChI=1S/C23H24Cl2N4/c24-19-6-3-16(4-7-19)9-12-28-13-10-18(15-28)22-26-27-23-21-14-20(25)8-5-17(21)2-1-11-29(22)23/h3-8,14,18H,1-2,9-13,15H2. The zero-order valence-electron chi connectivity index (χ0n) is 16.3. The lowest BCUT2D eigenvalue weighted by Crippen LogP contribution is -2.23. The Kier molecular flexibility index (Phi) is 5.33. The molecule has 4 nitrogen and oxygen atoms in total. The van der Waals surface area contributed by atoms with Gasteiger partial charge in [-0.2, -0.15) is 0 Å². The van der Waals surface area contributed by atoms with E-state index in [1.54, 1.807) is 0 Å². The van der Waals surface area contributed by atoms with Crippen molar-refractivity contribution in [3.63, 3.8) is 0 Å². The van der Waals surface area contributed by atoms with Crippen LogP contribution >= 0.6 is 23.2 Å². The second kappa shape index (κ2) is 8.10. The summed E-state index contributed by atoms with van der Waals surface area (Å²) in [6.07, 6.45) is 4.36. The summed E-state index contributed by atoms with van der Waals surface area (Å²) in [5.74, 6) is 2.57. The predicted molar refractivity (Wildman–Crippen MR) is 118 cm³/mol. The Morgan fingerprint density at radius 3 is 2.66 bits per heavy atom. The van der Waals surface area contributed by atoms with Crippen molar-refractivity contribution in [2.24, 2.45) is 0 Å². The van der Waals surface area contributed by atoms with Crippen molar-refractivity contribution < 1.29 is 0 Å². The maximum Gasteiger partial charge on any atom is 0.164 e. The van der Waals surface area contributed by atoms with Gasteiger partial charge in [0.2, 0.25) is 0 Å². The van der Waals surface area contributed by atoms with Crippen molar-refractivity contribution >= 4 is 23.2 Å². The lowest BCUT2D eigenvalue weighted by atomic mass is 10.0.